The van der Waals surface area contributed by atoms with Crippen LogP contribution < -0.4 is 31.7 Å². The molecule has 218 valence electrons. The fraction of sp³-hybridized carbons (Fsp3) is 0.235. The first-order valence-corrected chi connectivity index (χ1v) is 17.7. The molecular formula is C34H39ClN5OP. The third-order valence-corrected chi connectivity index (χ3v) is 15.3. The van der Waals surface area contributed by atoms with E-state index >= 15 is 0 Å². The third-order valence-electron chi connectivity index (χ3n) is 7.72. The Balaban J connectivity index is 1.24. The van der Waals surface area contributed by atoms with Crippen LogP contribution in [0.1, 0.15) is 31.0 Å². The average molecular weight is 600 g/mol. The summed E-state index contributed by atoms with van der Waals surface area (Å²) in [5.74, 6) is -1.34. The van der Waals surface area contributed by atoms with Gasteiger partial charge in [-0.3, -0.25) is 5.32 Å². The van der Waals surface area contributed by atoms with Gasteiger partial charge in [-0.25, -0.2) is 0 Å². The second-order valence-corrected chi connectivity index (χ2v) is 17.4. The number of ether oxygens (including phenoxy) is 1. The number of halogens is 1. The molecule has 4 aromatic rings. The fourth-order valence-electron chi connectivity index (χ4n) is 5.50. The van der Waals surface area contributed by atoms with E-state index in [0.29, 0.717) is 18.5 Å². The van der Waals surface area contributed by atoms with Crippen LogP contribution in [0.2, 0.25) is 0 Å². The summed E-state index contributed by atoms with van der Waals surface area (Å²) in [5.41, 5.74) is 6.92. The van der Waals surface area contributed by atoms with E-state index < -0.39 is 5.96 Å². The van der Waals surface area contributed by atoms with Gasteiger partial charge >= 0.3 is 213 Å². The van der Waals surface area contributed by atoms with Crippen molar-refractivity contribution >= 4 is 45.0 Å². The molecule has 0 aliphatic carbocycles. The molecule has 8 heteroatoms. The Hall–Kier alpha value is -3.86. The molecule has 1 atom stereocenters. The SMILES string of the molecule is CN(C)C1=NC(c2ccc(OCCCCCP(Cl)(c3ccccc3)(c3ccccc3)c3ccccc3)cc2)N=C(N)N1. The Kier molecular flexibility index (Phi) is 9.15. The number of nitrogens with zero attached hydrogens (tertiary/aromatic N) is 3. The number of hydrogen-bond acceptors (Lipinski definition) is 6. The summed E-state index contributed by atoms with van der Waals surface area (Å²) < 4.78 is 6.10. The fourth-order valence-corrected chi connectivity index (χ4v) is 11.7. The van der Waals surface area contributed by atoms with E-state index in [1.807, 2.05) is 43.3 Å². The molecule has 0 fully saturated rings. The van der Waals surface area contributed by atoms with Gasteiger partial charge < -0.3 is 10.6 Å². The molecule has 4 aromatic carbocycles. The van der Waals surface area contributed by atoms with Gasteiger partial charge in [0.15, 0.2) is 5.96 Å². The molecule has 6 nitrogen and oxygen atoms in total. The van der Waals surface area contributed by atoms with Crippen molar-refractivity contribution in [2.75, 3.05) is 26.9 Å². The summed E-state index contributed by atoms with van der Waals surface area (Å²) in [6.07, 6.45) is 3.46. The van der Waals surface area contributed by atoms with Gasteiger partial charge in [-0.1, -0.05) is 0 Å². The van der Waals surface area contributed by atoms with Crippen LogP contribution in [0.15, 0.2) is 125 Å². The Morgan fingerprint density at radius 2 is 1.26 bits per heavy atom. The van der Waals surface area contributed by atoms with E-state index in [4.69, 9.17) is 21.7 Å². The Labute approximate surface area is 254 Å². The van der Waals surface area contributed by atoms with Crippen molar-refractivity contribution in [2.45, 2.75) is 25.4 Å². The van der Waals surface area contributed by atoms with Crippen molar-refractivity contribution in [1.82, 2.24) is 10.2 Å². The molecule has 0 saturated carbocycles. The Bertz CT molecular complexity index is 1410. The van der Waals surface area contributed by atoms with Gasteiger partial charge in [-0.15, -0.1) is 0 Å². The molecule has 0 aromatic heterocycles. The standard InChI is InChI=1S/C34H39ClN5OP/c1-40(2)34-38-32(37-33(36)39-34)27-21-23-28(24-22-27)41-25-13-6-14-26-42(35,29-15-7-3-8-16-29,30-17-9-4-10-18-30)31-19-11-5-12-20-31/h3-5,7-12,15-24,32H,6,13-14,25-26H2,1-2H3,(H3,36,37,38,39). The van der Waals surface area contributed by atoms with Gasteiger partial charge in [-0.05, 0) is 0 Å². The predicted molar refractivity (Wildman–Crippen MR) is 180 cm³/mol. The number of rotatable bonds is 11. The minimum atomic E-state index is -3.21. The maximum atomic E-state index is 8.16. The summed E-state index contributed by atoms with van der Waals surface area (Å²) in [6, 6.07) is 39.9. The van der Waals surface area contributed by atoms with Crippen LogP contribution in [-0.4, -0.2) is 43.7 Å². The van der Waals surface area contributed by atoms with E-state index in [1.165, 1.54) is 15.9 Å². The first kappa shape index (κ1) is 29.6. The van der Waals surface area contributed by atoms with Crippen molar-refractivity contribution in [2.24, 2.45) is 15.7 Å². The quantitative estimate of drug-likeness (QED) is 0.170. The second-order valence-electron chi connectivity index (χ2n) is 10.8. The molecule has 0 saturated heterocycles. The average Bonchev–Trinajstić information content (AvgIpc) is 3.04. The Morgan fingerprint density at radius 1 is 0.738 bits per heavy atom. The number of nitrogens with one attached hydrogen (secondary N) is 1. The number of benzene rings is 4. The van der Waals surface area contributed by atoms with Crippen molar-refractivity contribution in [3.63, 3.8) is 0 Å². The van der Waals surface area contributed by atoms with Crippen LogP contribution in [0.25, 0.3) is 0 Å². The zero-order chi connectivity index (χ0) is 29.4. The Morgan fingerprint density at radius 3 is 1.76 bits per heavy atom. The maximum absolute atomic E-state index is 8.16. The smallest absolute Gasteiger partial charge is 0.370 e. The molecule has 0 spiro atoms. The number of nitrogens with two attached hydrogens (primary N) is 1. The monoisotopic (exact) mass is 599 g/mol. The normalized spacial score (nSPS) is 15.9. The minimum Gasteiger partial charge on any atom is -0.370 e. The molecule has 1 unspecified atom stereocenters. The van der Waals surface area contributed by atoms with Gasteiger partial charge in [-0.2, -0.15) is 0 Å². The number of guanidine groups is 2. The van der Waals surface area contributed by atoms with E-state index in [-0.39, 0.29) is 6.17 Å². The van der Waals surface area contributed by atoms with E-state index in [1.54, 1.807) is 0 Å². The molecule has 3 N–H and O–H groups in total. The number of unbranched alkanes of at least 4 members (excludes halogenated alkanes) is 2. The van der Waals surface area contributed by atoms with E-state index in [2.05, 4.69) is 106 Å². The van der Waals surface area contributed by atoms with Crippen LogP contribution >= 0.6 is 17.2 Å². The van der Waals surface area contributed by atoms with Gasteiger partial charge in [0, 0.05) is 14.1 Å². The molecule has 0 radical (unpaired) electrons. The molecule has 42 heavy (non-hydrogen) atoms. The van der Waals surface area contributed by atoms with Crippen molar-refractivity contribution < 1.29 is 4.74 Å². The zero-order valence-corrected chi connectivity index (χ0v) is 25.9. The number of aliphatic imine (C=N–C) groups is 2. The molecule has 0 amide bonds. The molecule has 0 bridgehead atoms. The van der Waals surface area contributed by atoms with Gasteiger partial charge in [0.25, 0.3) is 0 Å². The van der Waals surface area contributed by atoms with E-state index in [0.717, 1.165) is 36.7 Å². The first-order valence-electron chi connectivity index (χ1n) is 14.4. The second kappa shape index (κ2) is 13.0. The third kappa shape index (κ3) is 6.16. The molecule has 1 aliphatic rings. The van der Waals surface area contributed by atoms with Crippen LogP contribution in [0.3, 0.4) is 0 Å². The van der Waals surface area contributed by atoms with E-state index in [9.17, 15) is 0 Å². The number of hydrogen-bond donors (Lipinski definition) is 2. The topological polar surface area (TPSA) is 75.2 Å². The first-order chi connectivity index (χ1) is 20.4. The summed E-state index contributed by atoms with van der Waals surface area (Å²) in [4.78, 5) is 10.9. The molecule has 1 aliphatic heterocycles. The van der Waals surface area contributed by atoms with Gasteiger partial charge in [0.2, 0.25) is 5.96 Å². The van der Waals surface area contributed by atoms with Crippen molar-refractivity contribution in [1.29, 1.82) is 0 Å². The molecular weight excluding hydrogens is 561 g/mol. The van der Waals surface area contributed by atoms with Crippen molar-refractivity contribution in [3.8, 4) is 5.75 Å². The van der Waals surface area contributed by atoms with Crippen LogP contribution in [0, 0.1) is 0 Å². The van der Waals surface area contributed by atoms with Crippen LogP contribution in [-0.2, 0) is 0 Å². The molecule has 1 heterocycles. The zero-order valence-electron chi connectivity index (χ0n) is 24.2. The van der Waals surface area contributed by atoms with Crippen LogP contribution in [0.4, 0.5) is 0 Å². The summed E-state index contributed by atoms with van der Waals surface area (Å²) in [6.45, 7) is 0.640. The molecule has 5 rings (SSSR count). The van der Waals surface area contributed by atoms with Gasteiger partial charge in [0.1, 0.15) is 0 Å². The van der Waals surface area contributed by atoms with Crippen molar-refractivity contribution in [3.05, 3.63) is 121 Å². The predicted octanol–water partition coefficient (Wildman–Crippen LogP) is 5.75. The summed E-state index contributed by atoms with van der Waals surface area (Å²) >= 11 is 8.16. The minimum absolute atomic E-state index is 0.358. The van der Waals surface area contributed by atoms with Gasteiger partial charge in [0.05, 0.1) is 0 Å². The van der Waals surface area contributed by atoms with Crippen LogP contribution in [0.5, 0.6) is 5.75 Å². The summed E-state index contributed by atoms with van der Waals surface area (Å²) in [5, 5.41) is 6.61. The summed E-state index contributed by atoms with van der Waals surface area (Å²) in [7, 11) is 3.83.